The Hall–Kier alpha value is -2.44. The zero-order valence-corrected chi connectivity index (χ0v) is 19.3. The Labute approximate surface area is 193 Å². The molecule has 5 nitrogen and oxygen atoms in total. The summed E-state index contributed by atoms with van der Waals surface area (Å²) in [4.78, 5) is 25.8. The summed E-state index contributed by atoms with van der Waals surface area (Å²) in [5.41, 5.74) is 0.891. The second kappa shape index (κ2) is 10.9. The fourth-order valence-corrected chi connectivity index (χ4v) is 4.20. The van der Waals surface area contributed by atoms with E-state index in [0.717, 1.165) is 5.56 Å². The molecule has 1 heterocycles. The van der Waals surface area contributed by atoms with Crippen LogP contribution in [-0.4, -0.2) is 37.6 Å². The summed E-state index contributed by atoms with van der Waals surface area (Å²) >= 11 is 5.90. The number of rotatable bonds is 8. The first-order chi connectivity index (χ1) is 15.3. The Morgan fingerprint density at radius 2 is 1.81 bits per heavy atom. The van der Waals surface area contributed by atoms with Gasteiger partial charge in [-0.3, -0.25) is 9.59 Å². The molecule has 1 saturated heterocycles. The van der Waals surface area contributed by atoms with Crippen molar-refractivity contribution in [1.82, 2.24) is 10.6 Å². The second-order valence-corrected chi connectivity index (χ2v) is 9.22. The van der Waals surface area contributed by atoms with Crippen LogP contribution in [0.15, 0.2) is 48.5 Å². The lowest BCUT2D eigenvalue weighted by molar-refractivity contribution is -0.123. The molecule has 0 bridgehead atoms. The van der Waals surface area contributed by atoms with E-state index in [2.05, 4.69) is 10.6 Å². The molecule has 0 saturated carbocycles. The van der Waals surface area contributed by atoms with Crippen molar-refractivity contribution in [2.24, 2.45) is 5.92 Å². The SMILES string of the molecule is CC(C)CC(NC(=O)c1ccc(Cl)cc1)C(=O)NCC1(c2cccc(F)c2)CCOCC1. The van der Waals surface area contributed by atoms with Gasteiger partial charge in [0.25, 0.3) is 5.91 Å². The van der Waals surface area contributed by atoms with Crippen LogP contribution in [0.25, 0.3) is 0 Å². The van der Waals surface area contributed by atoms with Gasteiger partial charge >= 0.3 is 0 Å². The van der Waals surface area contributed by atoms with Gasteiger partial charge in [-0.1, -0.05) is 37.6 Å². The van der Waals surface area contributed by atoms with Crippen LogP contribution in [0.4, 0.5) is 4.39 Å². The molecule has 172 valence electrons. The summed E-state index contributed by atoms with van der Waals surface area (Å²) in [6.07, 6.45) is 1.87. The lowest BCUT2D eigenvalue weighted by Gasteiger charge is -2.38. The standard InChI is InChI=1S/C25H30ClFN2O3/c1-17(2)14-22(29-23(30)18-6-8-20(26)9-7-18)24(31)28-16-25(10-12-32-13-11-25)19-4-3-5-21(27)15-19/h3-9,15,17,22H,10-14,16H2,1-2H3,(H,28,31)(H,29,30). The van der Waals surface area contributed by atoms with Crippen molar-refractivity contribution in [3.05, 3.63) is 70.5 Å². The van der Waals surface area contributed by atoms with Crippen molar-refractivity contribution in [2.75, 3.05) is 19.8 Å². The van der Waals surface area contributed by atoms with Crippen molar-refractivity contribution in [1.29, 1.82) is 0 Å². The summed E-state index contributed by atoms with van der Waals surface area (Å²) in [6, 6.07) is 12.4. The number of hydrogen-bond acceptors (Lipinski definition) is 3. The number of ether oxygens (including phenoxy) is 1. The molecule has 1 aliphatic rings. The highest BCUT2D eigenvalue weighted by Crippen LogP contribution is 2.34. The van der Waals surface area contributed by atoms with Gasteiger partial charge < -0.3 is 15.4 Å². The fraction of sp³-hybridized carbons (Fsp3) is 0.440. The molecule has 7 heteroatoms. The Kier molecular flexibility index (Phi) is 8.26. The van der Waals surface area contributed by atoms with Crippen LogP contribution in [0.2, 0.25) is 5.02 Å². The number of carbonyl (C=O) groups excluding carboxylic acids is 2. The first-order valence-electron chi connectivity index (χ1n) is 11.0. The van der Waals surface area contributed by atoms with Gasteiger partial charge in [-0.2, -0.15) is 0 Å². The van der Waals surface area contributed by atoms with Gasteiger partial charge in [0.05, 0.1) is 0 Å². The second-order valence-electron chi connectivity index (χ2n) is 8.78. The van der Waals surface area contributed by atoms with E-state index in [1.165, 1.54) is 12.1 Å². The number of carbonyl (C=O) groups is 2. The molecule has 1 aliphatic heterocycles. The van der Waals surface area contributed by atoms with Crippen molar-refractivity contribution >= 4 is 23.4 Å². The third-order valence-corrected chi connectivity index (χ3v) is 6.18. The van der Waals surface area contributed by atoms with Gasteiger partial charge in [-0.15, -0.1) is 0 Å². The largest absolute Gasteiger partial charge is 0.381 e. The van der Waals surface area contributed by atoms with Crippen LogP contribution in [0, 0.1) is 11.7 Å². The fourth-order valence-electron chi connectivity index (χ4n) is 4.07. The van der Waals surface area contributed by atoms with Crippen molar-refractivity contribution in [3.63, 3.8) is 0 Å². The van der Waals surface area contributed by atoms with Crippen LogP contribution in [0.5, 0.6) is 0 Å². The van der Waals surface area contributed by atoms with Crippen molar-refractivity contribution < 1.29 is 18.7 Å². The summed E-state index contributed by atoms with van der Waals surface area (Å²) < 4.78 is 19.4. The molecule has 0 aliphatic carbocycles. The van der Waals surface area contributed by atoms with Crippen LogP contribution in [0.3, 0.4) is 0 Å². The topological polar surface area (TPSA) is 67.4 Å². The molecule has 0 spiro atoms. The molecule has 1 fully saturated rings. The number of benzene rings is 2. The minimum Gasteiger partial charge on any atom is -0.381 e. The quantitative estimate of drug-likeness (QED) is 0.610. The van der Waals surface area contributed by atoms with Crippen molar-refractivity contribution in [3.8, 4) is 0 Å². The van der Waals surface area contributed by atoms with E-state index >= 15 is 0 Å². The van der Waals surface area contributed by atoms with Gasteiger partial charge in [0, 0.05) is 35.8 Å². The summed E-state index contributed by atoms with van der Waals surface area (Å²) in [6.45, 7) is 5.46. The third kappa shape index (κ3) is 6.30. The summed E-state index contributed by atoms with van der Waals surface area (Å²) in [7, 11) is 0. The normalized spacial score (nSPS) is 16.4. The maximum Gasteiger partial charge on any atom is 0.251 e. The van der Waals surface area contributed by atoms with E-state index in [4.69, 9.17) is 16.3 Å². The minimum absolute atomic E-state index is 0.205. The maximum atomic E-state index is 13.9. The molecule has 2 N–H and O–H groups in total. The third-order valence-electron chi connectivity index (χ3n) is 5.92. The highest BCUT2D eigenvalue weighted by atomic mass is 35.5. The van der Waals surface area contributed by atoms with E-state index in [9.17, 15) is 14.0 Å². The molecular formula is C25H30ClFN2O3. The van der Waals surface area contributed by atoms with E-state index < -0.39 is 11.5 Å². The van der Waals surface area contributed by atoms with E-state index in [0.29, 0.717) is 49.6 Å². The van der Waals surface area contributed by atoms with Gasteiger partial charge in [0.1, 0.15) is 11.9 Å². The molecule has 0 radical (unpaired) electrons. The highest BCUT2D eigenvalue weighted by molar-refractivity contribution is 6.30. The van der Waals surface area contributed by atoms with Gasteiger partial charge in [-0.25, -0.2) is 4.39 Å². The van der Waals surface area contributed by atoms with E-state index in [1.807, 2.05) is 19.9 Å². The zero-order chi connectivity index (χ0) is 23.1. The molecular weight excluding hydrogens is 431 g/mol. The lowest BCUT2D eigenvalue weighted by Crippen LogP contribution is -2.51. The van der Waals surface area contributed by atoms with E-state index in [1.54, 1.807) is 30.3 Å². The Bertz CT molecular complexity index is 927. The van der Waals surface area contributed by atoms with Crippen molar-refractivity contribution in [2.45, 2.75) is 44.6 Å². The molecule has 1 atom stereocenters. The van der Waals surface area contributed by atoms with Gasteiger partial charge in [0.15, 0.2) is 0 Å². The molecule has 2 aromatic rings. The Balaban J connectivity index is 1.72. The van der Waals surface area contributed by atoms with E-state index in [-0.39, 0.29) is 23.5 Å². The monoisotopic (exact) mass is 460 g/mol. The molecule has 2 amide bonds. The maximum absolute atomic E-state index is 13.9. The molecule has 2 aromatic carbocycles. The van der Waals surface area contributed by atoms with Crippen LogP contribution in [0.1, 0.15) is 49.0 Å². The highest BCUT2D eigenvalue weighted by Gasteiger charge is 2.36. The van der Waals surface area contributed by atoms with Gasteiger partial charge in [-0.05, 0) is 67.1 Å². The van der Waals surface area contributed by atoms with Gasteiger partial charge in [0.2, 0.25) is 5.91 Å². The smallest absolute Gasteiger partial charge is 0.251 e. The first-order valence-corrected chi connectivity index (χ1v) is 11.3. The predicted octanol–water partition coefficient (Wildman–Crippen LogP) is 4.49. The molecule has 32 heavy (non-hydrogen) atoms. The average Bonchev–Trinajstić information content (AvgIpc) is 2.78. The Morgan fingerprint density at radius 3 is 2.44 bits per heavy atom. The summed E-state index contributed by atoms with van der Waals surface area (Å²) in [5, 5.41) is 6.42. The Morgan fingerprint density at radius 1 is 1.12 bits per heavy atom. The zero-order valence-electron chi connectivity index (χ0n) is 18.5. The number of hydrogen-bond donors (Lipinski definition) is 2. The first kappa shape index (κ1) is 24.2. The number of amides is 2. The average molecular weight is 461 g/mol. The molecule has 0 aromatic heterocycles. The van der Waals surface area contributed by atoms with Crippen LogP contribution < -0.4 is 10.6 Å². The molecule has 1 unspecified atom stereocenters. The number of halogens is 2. The van der Waals surface area contributed by atoms with Crippen LogP contribution >= 0.6 is 11.6 Å². The lowest BCUT2D eigenvalue weighted by atomic mass is 9.74. The molecule has 3 rings (SSSR count). The minimum atomic E-state index is -0.678. The summed E-state index contributed by atoms with van der Waals surface area (Å²) in [5.74, 6) is -0.666. The number of nitrogens with one attached hydrogen (secondary N) is 2. The van der Waals surface area contributed by atoms with Crippen LogP contribution in [-0.2, 0) is 14.9 Å². The predicted molar refractivity (Wildman–Crippen MR) is 123 cm³/mol.